The van der Waals surface area contributed by atoms with Gasteiger partial charge in [0.2, 0.25) is 11.8 Å². The number of benzene rings is 1. The zero-order valence-corrected chi connectivity index (χ0v) is 26.0. The summed E-state index contributed by atoms with van der Waals surface area (Å²) in [5.41, 5.74) is 0.0912. The Morgan fingerprint density at radius 1 is 1.09 bits per heavy atom. The first-order valence-electron chi connectivity index (χ1n) is 14.9. The Bertz CT molecular complexity index is 1130. The van der Waals surface area contributed by atoms with Gasteiger partial charge >= 0.3 is 12.4 Å². The molecule has 2 rings (SSSR count). The summed E-state index contributed by atoms with van der Waals surface area (Å²) in [6.45, 7) is 5.00. The lowest BCUT2D eigenvalue weighted by Gasteiger charge is -2.36. The number of likely N-dealkylation sites (N-methyl/N-ethyl adjacent to an activating group) is 1. The largest absolute Gasteiger partial charge is 0.490 e. The monoisotopic (exact) mass is 655 g/mol. The third-order valence-corrected chi connectivity index (χ3v) is 7.47. The number of carbonyl (C=O) groups is 3. The van der Waals surface area contributed by atoms with E-state index in [1.54, 1.807) is 20.8 Å². The predicted molar refractivity (Wildman–Crippen MR) is 154 cm³/mol. The Balaban J connectivity index is 2.39. The highest BCUT2D eigenvalue weighted by Gasteiger charge is 2.33. The van der Waals surface area contributed by atoms with Gasteiger partial charge in [-0.25, -0.2) is 0 Å². The zero-order valence-electron chi connectivity index (χ0n) is 26.0. The smallest absolute Gasteiger partial charge is 0.389 e. The fraction of sp³-hybridized carbons (Fsp3) is 0.700. The van der Waals surface area contributed by atoms with E-state index in [1.165, 1.54) is 35.0 Å². The van der Waals surface area contributed by atoms with Crippen LogP contribution in [0.3, 0.4) is 0 Å². The molecule has 256 valence electrons. The molecule has 0 aromatic heterocycles. The number of carbonyl (C=O) groups excluding carboxylic acids is 3. The van der Waals surface area contributed by atoms with Crippen LogP contribution >= 0.6 is 0 Å². The average Bonchev–Trinajstić information content (AvgIpc) is 2.95. The molecule has 0 spiro atoms. The van der Waals surface area contributed by atoms with Gasteiger partial charge < -0.3 is 29.7 Å². The maximum absolute atomic E-state index is 14.0. The predicted octanol–water partition coefficient (Wildman–Crippen LogP) is 5.56. The summed E-state index contributed by atoms with van der Waals surface area (Å²) in [5, 5.41) is 12.4. The van der Waals surface area contributed by atoms with Crippen molar-refractivity contribution in [2.24, 2.45) is 5.92 Å². The van der Waals surface area contributed by atoms with Gasteiger partial charge in [-0.05, 0) is 51.3 Å². The van der Waals surface area contributed by atoms with Crippen molar-refractivity contribution in [3.8, 4) is 5.75 Å². The van der Waals surface area contributed by atoms with Crippen molar-refractivity contribution in [2.75, 3.05) is 38.7 Å². The molecule has 4 atom stereocenters. The molecule has 45 heavy (non-hydrogen) atoms. The Kier molecular flexibility index (Phi) is 14.4. The van der Waals surface area contributed by atoms with E-state index < -0.39 is 80.4 Å². The highest BCUT2D eigenvalue weighted by molar-refractivity contribution is 5.99. The van der Waals surface area contributed by atoms with Crippen molar-refractivity contribution in [3.63, 3.8) is 0 Å². The zero-order chi connectivity index (χ0) is 33.9. The van der Waals surface area contributed by atoms with Gasteiger partial charge in [0, 0.05) is 51.2 Å². The van der Waals surface area contributed by atoms with Crippen molar-refractivity contribution in [2.45, 2.75) is 96.3 Å². The van der Waals surface area contributed by atoms with E-state index in [9.17, 15) is 45.8 Å². The summed E-state index contributed by atoms with van der Waals surface area (Å²) in [7, 11) is 1.39. The van der Waals surface area contributed by atoms with Gasteiger partial charge in [0.15, 0.2) is 0 Å². The van der Waals surface area contributed by atoms with E-state index in [4.69, 9.17) is 9.47 Å². The molecular formula is C30H43F6N3O6. The number of aliphatic hydroxyl groups excluding tert-OH is 1. The van der Waals surface area contributed by atoms with Crippen LogP contribution in [-0.4, -0.2) is 96.6 Å². The van der Waals surface area contributed by atoms with Crippen LogP contribution in [0.15, 0.2) is 18.2 Å². The molecule has 1 heterocycles. The summed E-state index contributed by atoms with van der Waals surface area (Å²) in [6.07, 6.45) is -12.2. The van der Waals surface area contributed by atoms with Gasteiger partial charge in [0.05, 0.1) is 43.3 Å². The number of rotatable bonds is 9. The first-order chi connectivity index (χ1) is 20.9. The van der Waals surface area contributed by atoms with Gasteiger partial charge in [0.1, 0.15) is 5.75 Å². The van der Waals surface area contributed by atoms with Gasteiger partial charge in [-0.15, -0.1) is 0 Å². The molecule has 3 amide bonds. The number of aliphatic hydroxyl groups is 1. The summed E-state index contributed by atoms with van der Waals surface area (Å²) in [4.78, 5) is 41.2. The second-order valence-electron chi connectivity index (χ2n) is 11.6. The molecule has 1 aliphatic heterocycles. The number of halogens is 6. The van der Waals surface area contributed by atoms with E-state index in [0.717, 1.165) is 0 Å². The number of anilines is 1. The number of nitrogens with one attached hydrogen (secondary N) is 1. The molecule has 0 radical (unpaired) electrons. The van der Waals surface area contributed by atoms with Crippen LogP contribution in [0.1, 0.15) is 76.1 Å². The summed E-state index contributed by atoms with van der Waals surface area (Å²) < 4.78 is 88.0. The fourth-order valence-corrected chi connectivity index (χ4v) is 4.75. The van der Waals surface area contributed by atoms with Crippen LogP contribution in [0.4, 0.5) is 32.0 Å². The molecule has 0 saturated carbocycles. The normalized spacial score (nSPS) is 21.3. The Morgan fingerprint density at radius 3 is 2.36 bits per heavy atom. The van der Waals surface area contributed by atoms with E-state index in [2.05, 4.69) is 5.32 Å². The van der Waals surface area contributed by atoms with Crippen molar-refractivity contribution in [1.82, 2.24) is 9.80 Å². The number of hydrogen-bond donors (Lipinski definition) is 2. The maximum Gasteiger partial charge on any atom is 0.389 e. The maximum atomic E-state index is 14.0. The lowest BCUT2D eigenvalue weighted by Crippen LogP contribution is -2.48. The van der Waals surface area contributed by atoms with E-state index >= 15 is 0 Å². The topological polar surface area (TPSA) is 108 Å². The molecule has 1 aliphatic rings. The van der Waals surface area contributed by atoms with E-state index in [1.807, 2.05) is 0 Å². The number of ether oxygens (including phenoxy) is 2. The van der Waals surface area contributed by atoms with Crippen molar-refractivity contribution < 1.29 is 55.3 Å². The molecule has 9 nitrogen and oxygen atoms in total. The first kappa shape index (κ1) is 38.1. The summed E-state index contributed by atoms with van der Waals surface area (Å²) in [5.74, 6) is -2.47. The average molecular weight is 656 g/mol. The van der Waals surface area contributed by atoms with Gasteiger partial charge in [-0.3, -0.25) is 14.4 Å². The Hall–Kier alpha value is -3.07. The second kappa shape index (κ2) is 17.0. The molecular weight excluding hydrogens is 612 g/mol. The van der Waals surface area contributed by atoms with Crippen molar-refractivity contribution >= 4 is 23.4 Å². The summed E-state index contributed by atoms with van der Waals surface area (Å²) in [6, 6.07) is 3.46. The number of amides is 3. The molecule has 0 fully saturated rings. The van der Waals surface area contributed by atoms with Crippen LogP contribution in [0.5, 0.6) is 5.75 Å². The molecule has 15 heteroatoms. The second-order valence-corrected chi connectivity index (χ2v) is 11.6. The minimum absolute atomic E-state index is 0.00692. The molecule has 0 aliphatic carbocycles. The Morgan fingerprint density at radius 2 is 1.73 bits per heavy atom. The highest BCUT2D eigenvalue weighted by Crippen LogP contribution is 2.29. The summed E-state index contributed by atoms with van der Waals surface area (Å²) >= 11 is 0. The number of hydrogen-bond acceptors (Lipinski definition) is 6. The first-order valence-corrected chi connectivity index (χ1v) is 14.9. The lowest BCUT2D eigenvalue weighted by molar-refractivity contribution is -0.149. The molecule has 1 aromatic rings. The van der Waals surface area contributed by atoms with E-state index in [0.29, 0.717) is 25.9 Å². The van der Waals surface area contributed by atoms with Crippen LogP contribution in [0, 0.1) is 5.92 Å². The highest BCUT2D eigenvalue weighted by atomic mass is 19.4. The SMILES string of the molecule is C[C@@H]1CN([C@H](C)CO)C(=O)c2cc(NC(=O)CCC(F)(F)F)ccc2O[C@@H](C)CCCCO[C@@H]1CN(C)C(=O)CCC(F)(F)F. The molecule has 0 saturated heterocycles. The standard InChI is InChI=1S/C30H43F6N3O6/c1-19-16-39(20(2)18-40)28(43)23-15-22(37-26(41)10-12-29(31,32)33)8-9-24(23)45-21(3)7-5-6-14-44-25(19)17-38(4)27(42)11-13-30(34,35)36/h8-9,15,19-21,25,40H,5-7,10-14,16-18H2,1-4H3,(H,37,41)/t19-,20-,21+,25-/m1/s1. The third-order valence-electron chi connectivity index (χ3n) is 7.47. The van der Waals surface area contributed by atoms with Gasteiger partial charge in [0.25, 0.3) is 5.91 Å². The van der Waals surface area contributed by atoms with Crippen LogP contribution < -0.4 is 10.1 Å². The minimum Gasteiger partial charge on any atom is -0.490 e. The number of fused-ring (bicyclic) bond motifs is 1. The van der Waals surface area contributed by atoms with Crippen LogP contribution in [0.2, 0.25) is 0 Å². The van der Waals surface area contributed by atoms with Crippen molar-refractivity contribution in [3.05, 3.63) is 23.8 Å². The van der Waals surface area contributed by atoms with E-state index in [-0.39, 0.29) is 36.2 Å². The molecule has 2 N–H and O–H groups in total. The van der Waals surface area contributed by atoms with Crippen molar-refractivity contribution in [1.29, 1.82) is 0 Å². The number of nitrogens with zero attached hydrogens (tertiary/aromatic N) is 2. The van der Waals surface area contributed by atoms with Gasteiger partial charge in [-0.2, -0.15) is 26.3 Å². The van der Waals surface area contributed by atoms with Gasteiger partial charge in [-0.1, -0.05) is 6.92 Å². The van der Waals surface area contributed by atoms with Crippen LogP contribution in [0.25, 0.3) is 0 Å². The quantitative estimate of drug-likeness (QED) is 0.337. The van der Waals surface area contributed by atoms with Crippen LogP contribution in [-0.2, 0) is 14.3 Å². The number of alkyl halides is 6. The molecule has 0 unspecified atom stereocenters. The fourth-order valence-electron chi connectivity index (χ4n) is 4.75. The molecule has 0 bridgehead atoms. The third kappa shape index (κ3) is 13.4. The lowest BCUT2D eigenvalue weighted by atomic mass is 10.0. The Labute approximate surface area is 259 Å². The minimum atomic E-state index is -4.51. The molecule has 1 aromatic carbocycles.